The highest BCUT2D eigenvalue weighted by Crippen LogP contribution is 2.34. The lowest BCUT2D eigenvalue weighted by Gasteiger charge is -2.18. The minimum Gasteiger partial charge on any atom is -0.345 e. The molecule has 0 saturated heterocycles. The SMILES string of the molecule is Cc1ccc([C@@H](C)NC(=O)C[NH+](C)CC(=O)Nc2ccccc2C(F)(F)F)cc1C. The fourth-order valence-corrected chi connectivity index (χ4v) is 3.05. The maximum absolute atomic E-state index is 13.0. The van der Waals surface area contributed by atoms with E-state index in [9.17, 15) is 22.8 Å². The van der Waals surface area contributed by atoms with Crippen LogP contribution in [0.25, 0.3) is 0 Å². The number of para-hydroxylation sites is 1. The van der Waals surface area contributed by atoms with Crippen LogP contribution in [0.4, 0.5) is 18.9 Å². The molecule has 0 spiro atoms. The molecule has 2 rings (SSSR count). The zero-order valence-electron chi connectivity index (χ0n) is 17.5. The van der Waals surface area contributed by atoms with Crippen LogP contribution in [0.1, 0.15) is 35.2 Å². The number of carbonyl (C=O) groups is 2. The Bertz CT molecular complexity index is 913. The fourth-order valence-electron chi connectivity index (χ4n) is 3.05. The summed E-state index contributed by atoms with van der Waals surface area (Å²) in [5.74, 6) is -0.846. The number of rotatable bonds is 7. The molecule has 30 heavy (non-hydrogen) atoms. The van der Waals surface area contributed by atoms with Gasteiger partial charge >= 0.3 is 6.18 Å². The molecule has 2 amide bonds. The van der Waals surface area contributed by atoms with Gasteiger partial charge in [0.1, 0.15) is 0 Å². The Hall–Kier alpha value is -2.87. The highest BCUT2D eigenvalue weighted by molar-refractivity contribution is 5.92. The first-order valence-corrected chi connectivity index (χ1v) is 9.61. The molecular formula is C22H27F3N3O2+. The molecule has 2 aromatic rings. The highest BCUT2D eigenvalue weighted by Gasteiger charge is 2.33. The third kappa shape index (κ3) is 6.59. The number of amides is 2. The van der Waals surface area contributed by atoms with E-state index in [1.807, 2.05) is 39.0 Å². The Kier molecular flexibility index (Phi) is 7.61. The zero-order chi connectivity index (χ0) is 22.5. The summed E-state index contributed by atoms with van der Waals surface area (Å²) in [6.45, 7) is 5.76. The topological polar surface area (TPSA) is 62.6 Å². The van der Waals surface area contributed by atoms with E-state index >= 15 is 0 Å². The molecule has 5 nitrogen and oxygen atoms in total. The van der Waals surface area contributed by atoms with Crippen LogP contribution in [0, 0.1) is 13.8 Å². The normalized spacial score (nSPS) is 13.4. The van der Waals surface area contributed by atoms with Gasteiger partial charge in [-0.25, -0.2) is 0 Å². The molecule has 0 aromatic heterocycles. The number of hydrogen-bond donors (Lipinski definition) is 3. The summed E-state index contributed by atoms with van der Waals surface area (Å²) in [5, 5.41) is 5.17. The second kappa shape index (κ2) is 9.75. The summed E-state index contributed by atoms with van der Waals surface area (Å²) in [5.41, 5.74) is 2.07. The van der Waals surface area contributed by atoms with E-state index in [-0.39, 0.29) is 30.7 Å². The number of benzene rings is 2. The van der Waals surface area contributed by atoms with Gasteiger partial charge in [-0.1, -0.05) is 30.3 Å². The van der Waals surface area contributed by atoms with Crippen molar-refractivity contribution in [2.24, 2.45) is 0 Å². The van der Waals surface area contributed by atoms with Gasteiger partial charge in [-0.2, -0.15) is 13.2 Å². The van der Waals surface area contributed by atoms with E-state index in [1.165, 1.54) is 23.8 Å². The van der Waals surface area contributed by atoms with Gasteiger partial charge in [0.25, 0.3) is 11.8 Å². The number of alkyl halides is 3. The van der Waals surface area contributed by atoms with Crippen molar-refractivity contribution in [1.82, 2.24) is 5.32 Å². The molecular weight excluding hydrogens is 395 g/mol. The number of anilines is 1. The lowest BCUT2D eigenvalue weighted by Crippen LogP contribution is -3.11. The van der Waals surface area contributed by atoms with E-state index in [1.54, 1.807) is 7.05 Å². The van der Waals surface area contributed by atoms with Crippen LogP contribution in [0.3, 0.4) is 0 Å². The van der Waals surface area contributed by atoms with Crippen LogP contribution in [0.5, 0.6) is 0 Å². The van der Waals surface area contributed by atoms with Crippen LogP contribution >= 0.6 is 0 Å². The number of halogens is 3. The molecule has 0 aliphatic heterocycles. The van der Waals surface area contributed by atoms with E-state index < -0.39 is 17.6 Å². The average molecular weight is 422 g/mol. The van der Waals surface area contributed by atoms with Crippen molar-refractivity contribution in [3.8, 4) is 0 Å². The quantitative estimate of drug-likeness (QED) is 0.643. The first-order valence-electron chi connectivity index (χ1n) is 9.61. The Morgan fingerprint density at radius 3 is 2.27 bits per heavy atom. The van der Waals surface area contributed by atoms with E-state index in [0.29, 0.717) is 4.90 Å². The van der Waals surface area contributed by atoms with Crippen molar-refractivity contribution in [3.63, 3.8) is 0 Å². The van der Waals surface area contributed by atoms with Crippen LogP contribution in [0.2, 0.25) is 0 Å². The Balaban J connectivity index is 1.89. The number of likely N-dealkylation sites (N-methyl/N-ethyl adjacent to an activating group) is 1. The maximum Gasteiger partial charge on any atom is 0.418 e. The van der Waals surface area contributed by atoms with Crippen molar-refractivity contribution in [2.45, 2.75) is 33.0 Å². The summed E-state index contributed by atoms with van der Waals surface area (Å²) in [6, 6.07) is 10.6. The van der Waals surface area contributed by atoms with E-state index in [4.69, 9.17) is 0 Å². The summed E-state index contributed by atoms with van der Waals surface area (Å²) < 4.78 is 39.1. The molecule has 3 N–H and O–H groups in total. The third-order valence-corrected chi connectivity index (χ3v) is 4.84. The molecule has 8 heteroatoms. The van der Waals surface area contributed by atoms with Gasteiger partial charge in [-0.05, 0) is 49.6 Å². The summed E-state index contributed by atoms with van der Waals surface area (Å²) in [4.78, 5) is 25.0. The minimum atomic E-state index is -4.56. The first kappa shape index (κ1) is 23.4. The molecule has 0 bridgehead atoms. The number of carbonyl (C=O) groups excluding carboxylic acids is 2. The third-order valence-electron chi connectivity index (χ3n) is 4.84. The van der Waals surface area contributed by atoms with Gasteiger partial charge in [0.2, 0.25) is 0 Å². The molecule has 162 valence electrons. The van der Waals surface area contributed by atoms with Crippen molar-refractivity contribution >= 4 is 17.5 Å². The molecule has 0 fully saturated rings. The van der Waals surface area contributed by atoms with E-state index in [0.717, 1.165) is 17.2 Å². The predicted molar refractivity (Wildman–Crippen MR) is 109 cm³/mol. The largest absolute Gasteiger partial charge is 0.418 e. The minimum absolute atomic E-state index is 0.0174. The van der Waals surface area contributed by atoms with Gasteiger partial charge < -0.3 is 15.5 Å². The van der Waals surface area contributed by atoms with Crippen molar-refractivity contribution in [2.75, 3.05) is 25.5 Å². The maximum atomic E-state index is 13.0. The lowest BCUT2D eigenvalue weighted by molar-refractivity contribution is -0.862. The smallest absolute Gasteiger partial charge is 0.345 e. The predicted octanol–water partition coefficient (Wildman–Crippen LogP) is 2.65. The molecule has 0 saturated carbocycles. The molecule has 0 aliphatic carbocycles. The summed E-state index contributed by atoms with van der Waals surface area (Å²) in [7, 11) is 1.63. The number of nitrogens with one attached hydrogen (secondary N) is 3. The van der Waals surface area contributed by atoms with Gasteiger partial charge in [0.15, 0.2) is 13.1 Å². The summed E-state index contributed by atoms with van der Waals surface area (Å²) >= 11 is 0. The van der Waals surface area contributed by atoms with Crippen LogP contribution in [-0.4, -0.2) is 32.0 Å². The monoisotopic (exact) mass is 422 g/mol. The highest BCUT2D eigenvalue weighted by atomic mass is 19.4. The van der Waals surface area contributed by atoms with Gasteiger partial charge in [-0.15, -0.1) is 0 Å². The van der Waals surface area contributed by atoms with Crippen LogP contribution < -0.4 is 15.5 Å². The standard InChI is InChI=1S/C22H26F3N3O2/c1-14-9-10-17(11-15(14)2)16(3)26-20(29)12-28(4)13-21(30)27-19-8-6-5-7-18(19)22(23,24)25/h5-11,16H,12-13H2,1-4H3,(H,26,29)(H,27,30)/p+1/t16-/m1/s1. The van der Waals surface area contributed by atoms with Gasteiger partial charge in [0, 0.05) is 0 Å². The Morgan fingerprint density at radius 1 is 1.00 bits per heavy atom. The van der Waals surface area contributed by atoms with Gasteiger partial charge in [-0.3, -0.25) is 9.59 Å². The molecule has 0 heterocycles. The molecule has 2 atom stereocenters. The Morgan fingerprint density at radius 2 is 1.63 bits per heavy atom. The second-order valence-corrected chi connectivity index (χ2v) is 7.54. The number of aryl methyl sites for hydroxylation is 2. The first-order chi connectivity index (χ1) is 14.0. The molecule has 1 unspecified atom stereocenters. The summed E-state index contributed by atoms with van der Waals surface area (Å²) in [6.07, 6.45) is -4.56. The van der Waals surface area contributed by atoms with Gasteiger partial charge in [0.05, 0.1) is 24.3 Å². The van der Waals surface area contributed by atoms with Crippen molar-refractivity contribution in [3.05, 3.63) is 64.7 Å². The zero-order valence-corrected chi connectivity index (χ0v) is 17.5. The fraction of sp³-hybridized carbons (Fsp3) is 0.364. The molecule has 0 aliphatic rings. The van der Waals surface area contributed by atoms with E-state index in [2.05, 4.69) is 10.6 Å². The molecule has 2 aromatic carbocycles. The van der Waals surface area contributed by atoms with Crippen LogP contribution in [0.15, 0.2) is 42.5 Å². The molecule has 0 radical (unpaired) electrons. The lowest BCUT2D eigenvalue weighted by atomic mass is 10.0. The van der Waals surface area contributed by atoms with Crippen LogP contribution in [-0.2, 0) is 15.8 Å². The Labute approximate surface area is 174 Å². The number of hydrogen-bond acceptors (Lipinski definition) is 2. The average Bonchev–Trinajstić information content (AvgIpc) is 2.63. The second-order valence-electron chi connectivity index (χ2n) is 7.54. The van der Waals surface area contributed by atoms with Crippen molar-refractivity contribution in [1.29, 1.82) is 0 Å². The van der Waals surface area contributed by atoms with Crippen molar-refractivity contribution < 1.29 is 27.7 Å². The number of quaternary nitrogens is 1.